The Morgan fingerprint density at radius 3 is 2.43 bits per heavy atom. The van der Waals surface area contributed by atoms with Crippen LogP contribution in [0.1, 0.15) is 32.9 Å². The zero-order valence-corrected chi connectivity index (χ0v) is 16.8. The molecule has 0 bridgehead atoms. The van der Waals surface area contributed by atoms with Crippen LogP contribution in [0.25, 0.3) is 10.9 Å². The van der Waals surface area contributed by atoms with Crippen LogP contribution in [0.2, 0.25) is 0 Å². The van der Waals surface area contributed by atoms with Crippen LogP contribution in [0.4, 0.5) is 11.8 Å². The molecule has 28 heavy (non-hydrogen) atoms. The van der Waals surface area contributed by atoms with E-state index in [0.717, 1.165) is 41.1 Å². The number of hydrogen-bond donors (Lipinski definition) is 2. The molecule has 7 heteroatoms. The second-order valence-corrected chi connectivity index (χ2v) is 7.63. The number of nitrogens with zero attached hydrogens (tertiary/aromatic N) is 4. The molecule has 1 aromatic carbocycles. The van der Waals surface area contributed by atoms with Crippen molar-refractivity contribution >= 4 is 28.6 Å². The SMILES string of the molecule is Cc1cc(C)c2[nH]c(C(=O)N3CCN(c4cc(C)nc(N)n4)CC3)c(C)c2c1. The van der Waals surface area contributed by atoms with E-state index in [4.69, 9.17) is 5.73 Å². The van der Waals surface area contributed by atoms with E-state index in [2.05, 4.69) is 45.8 Å². The van der Waals surface area contributed by atoms with Gasteiger partial charge in [0.25, 0.3) is 5.91 Å². The third-order valence-electron chi connectivity index (χ3n) is 5.47. The number of carbonyl (C=O) groups is 1. The van der Waals surface area contributed by atoms with Crippen LogP contribution in [-0.4, -0.2) is 51.9 Å². The lowest BCUT2D eigenvalue weighted by Crippen LogP contribution is -2.49. The summed E-state index contributed by atoms with van der Waals surface area (Å²) in [6.07, 6.45) is 0. The van der Waals surface area contributed by atoms with Gasteiger partial charge in [0.2, 0.25) is 5.95 Å². The maximum Gasteiger partial charge on any atom is 0.270 e. The Hall–Kier alpha value is -3.09. The van der Waals surface area contributed by atoms with Crippen molar-refractivity contribution in [3.05, 3.63) is 46.3 Å². The van der Waals surface area contributed by atoms with Crippen molar-refractivity contribution in [3.63, 3.8) is 0 Å². The zero-order chi connectivity index (χ0) is 20.0. The zero-order valence-electron chi connectivity index (χ0n) is 16.8. The maximum absolute atomic E-state index is 13.2. The topological polar surface area (TPSA) is 91.1 Å². The highest BCUT2D eigenvalue weighted by molar-refractivity contribution is 6.01. The highest BCUT2D eigenvalue weighted by Gasteiger charge is 2.26. The standard InChI is InChI=1S/C21H26N6O/c1-12-9-13(2)18-16(10-12)15(4)19(25-18)20(28)27-7-5-26(6-8-27)17-11-14(3)23-21(22)24-17/h9-11,25H,5-8H2,1-4H3,(H2,22,23,24). The summed E-state index contributed by atoms with van der Waals surface area (Å²) in [6, 6.07) is 6.21. The first kappa shape index (κ1) is 18.3. The normalized spacial score (nSPS) is 14.7. The van der Waals surface area contributed by atoms with E-state index in [-0.39, 0.29) is 11.9 Å². The lowest BCUT2D eigenvalue weighted by Gasteiger charge is -2.35. The van der Waals surface area contributed by atoms with Crippen LogP contribution in [-0.2, 0) is 0 Å². The molecule has 1 aliphatic heterocycles. The molecule has 0 unspecified atom stereocenters. The molecule has 1 saturated heterocycles. The predicted octanol–water partition coefficient (Wildman–Crippen LogP) is 2.74. The van der Waals surface area contributed by atoms with Crippen molar-refractivity contribution in [2.45, 2.75) is 27.7 Å². The van der Waals surface area contributed by atoms with Crippen LogP contribution in [0, 0.1) is 27.7 Å². The number of piperazine rings is 1. The van der Waals surface area contributed by atoms with E-state index >= 15 is 0 Å². The third-order valence-corrected chi connectivity index (χ3v) is 5.47. The third kappa shape index (κ3) is 3.17. The largest absolute Gasteiger partial charge is 0.368 e. The summed E-state index contributed by atoms with van der Waals surface area (Å²) in [6.45, 7) is 10.8. The second-order valence-electron chi connectivity index (χ2n) is 7.63. The number of benzene rings is 1. The summed E-state index contributed by atoms with van der Waals surface area (Å²) in [7, 11) is 0. The van der Waals surface area contributed by atoms with Gasteiger partial charge in [-0.25, -0.2) is 4.98 Å². The number of anilines is 2. The molecule has 0 aliphatic carbocycles. The Balaban J connectivity index is 1.54. The van der Waals surface area contributed by atoms with Crippen molar-refractivity contribution in [3.8, 4) is 0 Å². The molecule has 3 N–H and O–H groups in total. The number of hydrogen-bond acceptors (Lipinski definition) is 5. The molecule has 3 aromatic rings. The van der Waals surface area contributed by atoms with Crippen molar-refractivity contribution in [1.29, 1.82) is 0 Å². The highest BCUT2D eigenvalue weighted by Crippen LogP contribution is 2.27. The molecule has 2 aromatic heterocycles. The first-order chi connectivity index (χ1) is 13.3. The average Bonchev–Trinajstić information content (AvgIpc) is 2.98. The molecule has 4 rings (SSSR count). The van der Waals surface area contributed by atoms with Gasteiger partial charge in [-0.3, -0.25) is 4.79 Å². The number of amides is 1. The van der Waals surface area contributed by atoms with E-state index in [0.29, 0.717) is 18.8 Å². The summed E-state index contributed by atoms with van der Waals surface area (Å²) in [5.41, 5.74) is 11.8. The lowest BCUT2D eigenvalue weighted by atomic mass is 10.1. The molecule has 0 atom stereocenters. The molecule has 0 spiro atoms. The molecule has 0 saturated carbocycles. The Kier molecular flexibility index (Phi) is 4.45. The number of carbonyl (C=O) groups excluding carboxylic acids is 1. The van der Waals surface area contributed by atoms with Gasteiger partial charge in [0.05, 0.1) is 0 Å². The molecule has 146 valence electrons. The van der Waals surface area contributed by atoms with Crippen molar-refractivity contribution in [2.24, 2.45) is 0 Å². The summed E-state index contributed by atoms with van der Waals surface area (Å²) >= 11 is 0. The molecular weight excluding hydrogens is 352 g/mol. The number of H-pyrrole nitrogens is 1. The minimum Gasteiger partial charge on any atom is -0.368 e. The number of aromatic nitrogens is 3. The smallest absolute Gasteiger partial charge is 0.270 e. The Morgan fingerprint density at radius 1 is 1.04 bits per heavy atom. The Labute approximate surface area is 164 Å². The van der Waals surface area contributed by atoms with Crippen LogP contribution >= 0.6 is 0 Å². The summed E-state index contributed by atoms with van der Waals surface area (Å²) in [4.78, 5) is 29.1. The van der Waals surface area contributed by atoms with Crippen molar-refractivity contribution < 1.29 is 4.79 Å². The van der Waals surface area contributed by atoms with Crippen LogP contribution in [0.5, 0.6) is 0 Å². The predicted molar refractivity (Wildman–Crippen MR) is 112 cm³/mol. The molecule has 1 aliphatic rings. The summed E-state index contributed by atoms with van der Waals surface area (Å²) in [5.74, 6) is 1.17. The number of fused-ring (bicyclic) bond motifs is 1. The Morgan fingerprint density at radius 2 is 1.75 bits per heavy atom. The fraction of sp³-hybridized carbons (Fsp3) is 0.381. The average molecular weight is 378 g/mol. The van der Waals surface area contributed by atoms with Crippen LogP contribution in [0.15, 0.2) is 18.2 Å². The van der Waals surface area contributed by atoms with E-state index in [1.54, 1.807) is 0 Å². The molecule has 1 fully saturated rings. The van der Waals surface area contributed by atoms with E-state index < -0.39 is 0 Å². The van der Waals surface area contributed by atoms with Gasteiger partial charge < -0.3 is 20.5 Å². The van der Waals surface area contributed by atoms with Crippen LogP contribution < -0.4 is 10.6 Å². The molecule has 3 heterocycles. The maximum atomic E-state index is 13.2. The van der Waals surface area contributed by atoms with Gasteiger partial charge in [-0.1, -0.05) is 11.6 Å². The number of nitrogen functional groups attached to an aromatic ring is 1. The number of rotatable bonds is 2. The highest BCUT2D eigenvalue weighted by atomic mass is 16.2. The minimum atomic E-state index is 0.0591. The lowest BCUT2D eigenvalue weighted by molar-refractivity contribution is 0.0741. The van der Waals surface area contributed by atoms with Gasteiger partial charge in [-0.15, -0.1) is 0 Å². The first-order valence-corrected chi connectivity index (χ1v) is 9.58. The van der Waals surface area contributed by atoms with Crippen molar-refractivity contribution in [2.75, 3.05) is 36.8 Å². The van der Waals surface area contributed by atoms with Gasteiger partial charge in [0.1, 0.15) is 11.5 Å². The number of aryl methyl sites for hydroxylation is 4. The van der Waals surface area contributed by atoms with Gasteiger partial charge in [0.15, 0.2) is 0 Å². The molecule has 7 nitrogen and oxygen atoms in total. The monoisotopic (exact) mass is 378 g/mol. The van der Waals surface area contributed by atoms with Gasteiger partial charge in [0, 0.05) is 48.8 Å². The summed E-state index contributed by atoms with van der Waals surface area (Å²) < 4.78 is 0. The molecule has 0 radical (unpaired) electrons. The fourth-order valence-electron chi connectivity index (χ4n) is 4.03. The number of nitrogens with two attached hydrogens (primary N) is 1. The number of aromatic amines is 1. The second kappa shape index (κ2) is 6.82. The van der Waals surface area contributed by atoms with E-state index in [9.17, 15) is 4.79 Å². The molecular formula is C21H26N6O. The van der Waals surface area contributed by atoms with Crippen molar-refractivity contribution in [1.82, 2.24) is 19.9 Å². The van der Waals surface area contributed by atoms with Gasteiger partial charge >= 0.3 is 0 Å². The van der Waals surface area contributed by atoms with E-state index in [1.165, 1.54) is 11.1 Å². The fourth-order valence-corrected chi connectivity index (χ4v) is 4.03. The first-order valence-electron chi connectivity index (χ1n) is 9.58. The quantitative estimate of drug-likeness (QED) is 0.715. The minimum absolute atomic E-state index is 0.0591. The van der Waals surface area contributed by atoms with E-state index in [1.807, 2.05) is 24.8 Å². The molecule has 1 amide bonds. The number of nitrogens with one attached hydrogen (secondary N) is 1. The summed E-state index contributed by atoms with van der Waals surface area (Å²) in [5, 5.41) is 1.13. The van der Waals surface area contributed by atoms with Crippen LogP contribution in [0.3, 0.4) is 0 Å². The van der Waals surface area contributed by atoms with Gasteiger partial charge in [-0.2, -0.15) is 4.98 Å². The Bertz CT molecular complexity index is 1040. The van der Waals surface area contributed by atoms with Gasteiger partial charge in [-0.05, 0) is 44.9 Å².